The molecule has 3 aromatic rings. The first-order chi connectivity index (χ1) is 20.2. The molecule has 0 aliphatic heterocycles. The number of rotatable bonds is 12. The Morgan fingerprint density at radius 2 is 1.53 bits per heavy atom. The zero-order valence-electron chi connectivity index (χ0n) is 25.4. The SMILES string of the molecule is CCOc1ccccc1N(CC(=O)N(Cc1c(Cl)cccc1Cl)[C@@H](CC)C(=O)NC(C)(C)C)S(=O)(=O)c1ccc(C)cc1. The van der Waals surface area contributed by atoms with Crippen LogP contribution in [0.2, 0.25) is 10.0 Å². The maximum absolute atomic E-state index is 14.3. The molecule has 0 bridgehead atoms. The Labute approximate surface area is 265 Å². The second-order valence-electron chi connectivity index (χ2n) is 11.1. The quantitative estimate of drug-likeness (QED) is 0.238. The van der Waals surface area contributed by atoms with Gasteiger partial charge in [-0.15, -0.1) is 0 Å². The van der Waals surface area contributed by atoms with Gasteiger partial charge in [0.25, 0.3) is 10.0 Å². The highest BCUT2D eigenvalue weighted by Gasteiger charge is 2.36. The number of carbonyl (C=O) groups excluding carboxylic acids is 2. The van der Waals surface area contributed by atoms with Crippen molar-refractivity contribution in [3.05, 3.63) is 87.9 Å². The summed E-state index contributed by atoms with van der Waals surface area (Å²) in [4.78, 5) is 29.2. The zero-order valence-corrected chi connectivity index (χ0v) is 27.7. The standard InChI is InChI=1S/C32H39Cl2N3O5S/c1-7-27(31(39)35-32(4,5)6)36(20-24-25(33)12-11-13-26(24)34)30(38)21-37(28-14-9-10-15-29(28)42-8-2)43(40,41)23-18-16-22(3)17-19-23/h9-19,27H,7-8,20-21H2,1-6H3,(H,35,39)/t27-/m0/s1. The second-order valence-corrected chi connectivity index (χ2v) is 13.8. The number of hydrogen-bond acceptors (Lipinski definition) is 5. The highest BCUT2D eigenvalue weighted by molar-refractivity contribution is 7.92. The molecule has 0 unspecified atom stereocenters. The van der Waals surface area contributed by atoms with E-state index in [0.29, 0.717) is 21.4 Å². The molecular formula is C32H39Cl2N3O5S. The van der Waals surface area contributed by atoms with Crippen LogP contribution in [0.5, 0.6) is 5.75 Å². The summed E-state index contributed by atoms with van der Waals surface area (Å²) in [5.74, 6) is -0.699. The molecule has 0 saturated heterocycles. The van der Waals surface area contributed by atoms with Crippen LogP contribution in [0.3, 0.4) is 0 Å². The number of amides is 2. The minimum atomic E-state index is -4.26. The van der Waals surface area contributed by atoms with Crippen LogP contribution in [0.25, 0.3) is 0 Å². The van der Waals surface area contributed by atoms with Crippen molar-refractivity contribution < 1.29 is 22.7 Å². The number of sulfonamides is 1. The molecule has 43 heavy (non-hydrogen) atoms. The van der Waals surface area contributed by atoms with E-state index in [-0.39, 0.29) is 36.1 Å². The van der Waals surface area contributed by atoms with Gasteiger partial charge in [-0.1, -0.05) is 66.0 Å². The number of nitrogens with one attached hydrogen (secondary N) is 1. The largest absolute Gasteiger partial charge is 0.492 e. The van der Waals surface area contributed by atoms with Crippen LogP contribution in [0.4, 0.5) is 5.69 Å². The molecule has 0 fully saturated rings. The zero-order chi connectivity index (χ0) is 31.9. The molecule has 0 saturated carbocycles. The predicted octanol–water partition coefficient (Wildman–Crippen LogP) is 6.62. The van der Waals surface area contributed by atoms with E-state index in [1.165, 1.54) is 17.0 Å². The fourth-order valence-corrected chi connectivity index (χ4v) is 6.46. The average Bonchev–Trinajstić information content (AvgIpc) is 2.93. The summed E-state index contributed by atoms with van der Waals surface area (Å²) in [6.45, 7) is 10.5. The molecule has 1 N–H and O–H groups in total. The third-order valence-electron chi connectivity index (χ3n) is 6.60. The van der Waals surface area contributed by atoms with Gasteiger partial charge in [-0.05, 0) is 77.4 Å². The number of para-hydroxylation sites is 2. The number of aryl methyl sites for hydroxylation is 1. The van der Waals surface area contributed by atoms with Gasteiger partial charge in [0.1, 0.15) is 18.3 Å². The molecule has 0 aliphatic rings. The molecule has 0 aromatic heterocycles. The van der Waals surface area contributed by atoms with Gasteiger partial charge in [0.05, 0.1) is 17.2 Å². The van der Waals surface area contributed by atoms with E-state index in [0.717, 1.165) is 9.87 Å². The van der Waals surface area contributed by atoms with E-state index in [2.05, 4.69) is 5.32 Å². The maximum Gasteiger partial charge on any atom is 0.264 e. The Morgan fingerprint density at radius 3 is 2.09 bits per heavy atom. The van der Waals surface area contributed by atoms with E-state index in [1.54, 1.807) is 68.4 Å². The molecule has 8 nitrogen and oxygen atoms in total. The van der Waals surface area contributed by atoms with E-state index >= 15 is 0 Å². The number of benzene rings is 3. The predicted molar refractivity (Wildman–Crippen MR) is 172 cm³/mol. The lowest BCUT2D eigenvalue weighted by Gasteiger charge is -2.35. The lowest BCUT2D eigenvalue weighted by Crippen LogP contribution is -2.55. The lowest BCUT2D eigenvalue weighted by atomic mass is 10.1. The van der Waals surface area contributed by atoms with Crippen molar-refractivity contribution in [3.8, 4) is 5.75 Å². The van der Waals surface area contributed by atoms with Crippen LogP contribution in [0, 0.1) is 6.92 Å². The first-order valence-electron chi connectivity index (χ1n) is 14.0. The molecule has 11 heteroatoms. The minimum Gasteiger partial charge on any atom is -0.492 e. The number of hydrogen-bond donors (Lipinski definition) is 1. The van der Waals surface area contributed by atoms with Crippen LogP contribution >= 0.6 is 23.2 Å². The molecule has 0 aliphatic carbocycles. The highest BCUT2D eigenvalue weighted by atomic mass is 35.5. The molecule has 2 amide bonds. The van der Waals surface area contributed by atoms with Crippen molar-refractivity contribution in [2.45, 2.75) is 71.0 Å². The van der Waals surface area contributed by atoms with Crippen molar-refractivity contribution in [3.63, 3.8) is 0 Å². The van der Waals surface area contributed by atoms with Crippen molar-refractivity contribution in [1.82, 2.24) is 10.2 Å². The Kier molecular flexibility index (Phi) is 11.5. The first kappa shape index (κ1) is 34.2. The monoisotopic (exact) mass is 647 g/mol. The van der Waals surface area contributed by atoms with Crippen molar-refractivity contribution in [2.24, 2.45) is 0 Å². The average molecular weight is 649 g/mol. The van der Waals surface area contributed by atoms with Crippen LogP contribution in [-0.2, 0) is 26.2 Å². The minimum absolute atomic E-state index is 0.00965. The van der Waals surface area contributed by atoms with Crippen molar-refractivity contribution >= 4 is 50.7 Å². The van der Waals surface area contributed by atoms with Gasteiger partial charge in [0.2, 0.25) is 11.8 Å². The Morgan fingerprint density at radius 1 is 0.930 bits per heavy atom. The second kappa shape index (κ2) is 14.5. The third kappa shape index (κ3) is 8.65. The smallest absolute Gasteiger partial charge is 0.264 e. The summed E-state index contributed by atoms with van der Waals surface area (Å²) in [5, 5.41) is 3.59. The summed E-state index contributed by atoms with van der Waals surface area (Å²) in [6, 6.07) is 17.1. The number of ether oxygens (including phenoxy) is 1. The number of anilines is 1. The summed E-state index contributed by atoms with van der Waals surface area (Å²) in [6.07, 6.45) is 0.260. The summed E-state index contributed by atoms with van der Waals surface area (Å²) >= 11 is 13.0. The van der Waals surface area contributed by atoms with Gasteiger partial charge >= 0.3 is 0 Å². The van der Waals surface area contributed by atoms with Gasteiger partial charge in [0, 0.05) is 27.7 Å². The van der Waals surface area contributed by atoms with Gasteiger partial charge in [-0.25, -0.2) is 8.42 Å². The third-order valence-corrected chi connectivity index (χ3v) is 9.08. The topological polar surface area (TPSA) is 96.0 Å². The van der Waals surface area contributed by atoms with E-state index in [4.69, 9.17) is 27.9 Å². The van der Waals surface area contributed by atoms with E-state index < -0.39 is 34.1 Å². The molecule has 0 heterocycles. The number of carbonyl (C=O) groups is 2. The molecule has 0 radical (unpaired) electrons. The van der Waals surface area contributed by atoms with Crippen molar-refractivity contribution in [1.29, 1.82) is 0 Å². The molecule has 232 valence electrons. The van der Waals surface area contributed by atoms with Crippen LogP contribution in [0.15, 0.2) is 71.6 Å². The van der Waals surface area contributed by atoms with Gasteiger partial charge in [-0.3, -0.25) is 13.9 Å². The Bertz CT molecular complexity index is 1520. The normalized spacial score (nSPS) is 12.4. The van der Waals surface area contributed by atoms with E-state index in [1.807, 2.05) is 27.7 Å². The molecule has 0 spiro atoms. The Hall–Kier alpha value is -3.27. The number of nitrogens with zero attached hydrogens (tertiary/aromatic N) is 2. The van der Waals surface area contributed by atoms with Gasteiger partial charge in [0.15, 0.2) is 0 Å². The summed E-state index contributed by atoms with van der Waals surface area (Å²) < 4.78 is 35.1. The van der Waals surface area contributed by atoms with Crippen LogP contribution in [0.1, 0.15) is 52.2 Å². The highest BCUT2D eigenvalue weighted by Crippen LogP contribution is 2.33. The molecular weight excluding hydrogens is 609 g/mol. The molecule has 1 atom stereocenters. The van der Waals surface area contributed by atoms with Crippen LogP contribution in [-0.4, -0.2) is 49.9 Å². The fourth-order valence-electron chi connectivity index (χ4n) is 4.52. The maximum atomic E-state index is 14.3. The lowest BCUT2D eigenvalue weighted by molar-refractivity contribution is -0.141. The summed E-state index contributed by atoms with van der Waals surface area (Å²) in [5.41, 5.74) is 0.957. The van der Waals surface area contributed by atoms with Crippen molar-refractivity contribution in [2.75, 3.05) is 17.5 Å². The van der Waals surface area contributed by atoms with Gasteiger partial charge < -0.3 is 15.0 Å². The molecule has 3 aromatic carbocycles. The first-order valence-corrected chi connectivity index (χ1v) is 16.2. The number of halogens is 2. The fraction of sp³-hybridized carbons (Fsp3) is 0.375. The van der Waals surface area contributed by atoms with Crippen LogP contribution < -0.4 is 14.4 Å². The summed E-state index contributed by atoms with van der Waals surface area (Å²) in [7, 11) is -4.26. The van der Waals surface area contributed by atoms with E-state index in [9.17, 15) is 18.0 Å². The van der Waals surface area contributed by atoms with Gasteiger partial charge in [-0.2, -0.15) is 0 Å². The Balaban J connectivity index is 2.16. The molecule has 3 rings (SSSR count).